The molecule has 150 valence electrons. The topological polar surface area (TPSA) is 113 Å². The van der Waals surface area contributed by atoms with Crippen molar-refractivity contribution >= 4 is 22.5 Å². The lowest BCUT2D eigenvalue weighted by Crippen LogP contribution is -2.50. The van der Waals surface area contributed by atoms with Crippen LogP contribution in [-0.4, -0.2) is 63.6 Å². The van der Waals surface area contributed by atoms with Crippen molar-refractivity contribution in [1.82, 2.24) is 24.4 Å². The molecule has 0 saturated carbocycles. The van der Waals surface area contributed by atoms with Gasteiger partial charge in [-0.3, -0.25) is 14.2 Å². The maximum Gasteiger partial charge on any atom is 0.328 e. The van der Waals surface area contributed by atoms with E-state index in [1.807, 2.05) is 18.2 Å². The van der Waals surface area contributed by atoms with Crippen LogP contribution in [0.3, 0.4) is 0 Å². The van der Waals surface area contributed by atoms with E-state index in [1.165, 1.54) is 19.6 Å². The van der Waals surface area contributed by atoms with Crippen molar-refractivity contribution < 1.29 is 9.53 Å². The summed E-state index contributed by atoms with van der Waals surface area (Å²) >= 11 is 0. The average molecular weight is 396 g/mol. The van der Waals surface area contributed by atoms with Gasteiger partial charge in [-0.1, -0.05) is 0 Å². The number of amides is 1. The Balaban J connectivity index is 1.52. The number of hydrogen-bond donors (Lipinski definition) is 1. The van der Waals surface area contributed by atoms with Gasteiger partial charge >= 0.3 is 5.69 Å². The SMILES string of the molecule is COc1ncnc2ccc(N3CCN(C(=O)c4c[nH]c(=O)n(C)c4=O)CC3)cc12. The molecule has 1 saturated heterocycles. The molecule has 1 fully saturated rings. The fourth-order valence-electron chi connectivity index (χ4n) is 3.44. The van der Waals surface area contributed by atoms with Crippen LogP contribution in [0.2, 0.25) is 0 Å². The number of rotatable bonds is 3. The third-order valence-electron chi connectivity index (χ3n) is 5.12. The van der Waals surface area contributed by atoms with Crippen molar-refractivity contribution in [3.63, 3.8) is 0 Å². The molecular formula is C19H20N6O4. The summed E-state index contributed by atoms with van der Waals surface area (Å²) < 4.78 is 6.21. The number of piperazine rings is 1. The Morgan fingerprint density at radius 3 is 2.62 bits per heavy atom. The molecule has 1 aliphatic heterocycles. The first kappa shape index (κ1) is 18.7. The number of nitrogens with one attached hydrogen (secondary N) is 1. The number of aromatic nitrogens is 4. The van der Waals surface area contributed by atoms with Crippen LogP contribution in [0.15, 0.2) is 40.3 Å². The van der Waals surface area contributed by atoms with Gasteiger partial charge in [-0.15, -0.1) is 0 Å². The molecule has 2 aromatic heterocycles. The Labute approximate surface area is 165 Å². The minimum Gasteiger partial charge on any atom is -0.480 e. The molecular weight excluding hydrogens is 376 g/mol. The number of carbonyl (C=O) groups excluding carboxylic acids is 1. The molecule has 1 N–H and O–H groups in total. The Morgan fingerprint density at radius 2 is 1.90 bits per heavy atom. The molecule has 10 heteroatoms. The van der Waals surface area contributed by atoms with Gasteiger partial charge in [0.2, 0.25) is 5.88 Å². The van der Waals surface area contributed by atoms with Gasteiger partial charge < -0.3 is 19.5 Å². The zero-order valence-electron chi connectivity index (χ0n) is 16.1. The molecule has 0 bridgehead atoms. The van der Waals surface area contributed by atoms with Crippen LogP contribution in [-0.2, 0) is 7.05 Å². The van der Waals surface area contributed by atoms with Crippen LogP contribution in [0.25, 0.3) is 10.9 Å². The van der Waals surface area contributed by atoms with E-state index in [-0.39, 0.29) is 11.5 Å². The first-order valence-corrected chi connectivity index (χ1v) is 9.11. The predicted octanol–water partition coefficient (Wildman–Crippen LogP) is -0.0122. The molecule has 0 radical (unpaired) electrons. The maximum absolute atomic E-state index is 12.7. The van der Waals surface area contributed by atoms with E-state index in [4.69, 9.17) is 4.74 Å². The molecule has 1 aliphatic rings. The number of aromatic amines is 1. The van der Waals surface area contributed by atoms with Gasteiger partial charge in [0.25, 0.3) is 11.5 Å². The molecule has 29 heavy (non-hydrogen) atoms. The quantitative estimate of drug-likeness (QED) is 0.662. The molecule has 3 aromatic rings. The number of hydrogen-bond acceptors (Lipinski definition) is 7. The van der Waals surface area contributed by atoms with Gasteiger partial charge in [-0.25, -0.2) is 14.8 Å². The van der Waals surface area contributed by atoms with E-state index in [9.17, 15) is 14.4 Å². The van der Waals surface area contributed by atoms with Crippen LogP contribution in [0.1, 0.15) is 10.4 Å². The summed E-state index contributed by atoms with van der Waals surface area (Å²) in [5, 5.41) is 0.822. The van der Waals surface area contributed by atoms with E-state index in [0.717, 1.165) is 21.2 Å². The molecule has 0 spiro atoms. The second kappa shape index (κ2) is 7.38. The van der Waals surface area contributed by atoms with Gasteiger partial charge in [-0.2, -0.15) is 0 Å². The third kappa shape index (κ3) is 3.33. The summed E-state index contributed by atoms with van der Waals surface area (Å²) in [5.74, 6) is 0.134. The third-order valence-corrected chi connectivity index (χ3v) is 5.12. The Hall–Kier alpha value is -3.69. The predicted molar refractivity (Wildman–Crippen MR) is 107 cm³/mol. The Morgan fingerprint density at radius 1 is 1.14 bits per heavy atom. The van der Waals surface area contributed by atoms with Crippen molar-refractivity contribution in [1.29, 1.82) is 0 Å². The zero-order valence-corrected chi connectivity index (χ0v) is 16.1. The van der Waals surface area contributed by atoms with Crippen molar-refractivity contribution in [2.24, 2.45) is 7.05 Å². The highest BCUT2D eigenvalue weighted by atomic mass is 16.5. The number of ether oxygens (including phenoxy) is 1. The Bertz CT molecular complexity index is 1190. The second-order valence-corrected chi connectivity index (χ2v) is 6.74. The van der Waals surface area contributed by atoms with E-state index < -0.39 is 11.2 Å². The number of methoxy groups -OCH3 is 1. The molecule has 1 aromatic carbocycles. The molecule has 0 atom stereocenters. The van der Waals surface area contributed by atoms with Gasteiger partial charge in [0.05, 0.1) is 18.0 Å². The summed E-state index contributed by atoms with van der Waals surface area (Å²) in [6, 6.07) is 5.86. The number of carbonyl (C=O) groups is 1. The van der Waals surface area contributed by atoms with Crippen LogP contribution in [0, 0.1) is 0 Å². The number of H-pyrrole nitrogens is 1. The van der Waals surface area contributed by atoms with Gasteiger partial charge in [0.1, 0.15) is 11.9 Å². The molecule has 1 amide bonds. The first-order chi connectivity index (χ1) is 14.0. The highest BCUT2D eigenvalue weighted by Crippen LogP contribution is 2.27. The van der Waals surface area contributed by atoms with E-state index >= 15 is 0 Å². The summed E-state index contributed by atoms with van der Waals surface area (Å²) in [4.78, 5) is 51.0. The lowest BCUT2D eigenvalue weighted by molar-refractivity contribution is 0.0743. The van der Waals surface area contributed by atoms with Crippen molar-refractivity contribution in [3.8, 4) is 5.88 Å². The van der Waals surface area contributed by atoms with Gasteiger partial charge in [-0.05, 0) is 18.2 Å². The second-order valence-electron chi connectivity index (χ2n) is 6.74. The maximum atomic E-state index is 12.7. The van der Waals surface area contributed by atoms with Crippen molar-refractivity contribution in [2.75, 3.05) is 38.2 Å². The lowest BCUT2D eigenvalue weighted by Gasteiger charge is -2.36. The highest BCUT2D eigenvalue weighted by molar-refractivity contribution is 5.93. The molecule has 0 unspecified atom stereocenters. The number of fused-ring (bicyclic) bond motifs is 1. The molecule has 4 rings (SSSR count). The zero-order chi connectivity index (χ0) is 20.5. The number of nitrogens with zero attached hydrogens (tertiary/aromatic N) is 5. The Kier molecular flexibility index (Phi) is 4.75. The van der Waals surface area contributed by atoms with Crippen LogP contribution < -0.4 is 20.9 Å². The highest BCUT2D eigenvalue weighted by Gasteiger charge is 2.25. The molecule has 0 aliphatic carbocycles. The van der Waals surface area contributed by atoms with E-state index in [0.29, 0.717) is 32.1 Å². The van der Waals surface area contributed by atoms with Gasteiger partial charge in [0, 0.05) is 45.1 Å². The van der Waals surface area contributed by atoms with Crippen LogP contribution >= 0.6 is 0 Å². The monoisotopic (exact) mass is 396 g/mol. The van der Waals surface area contributed by atoms with Gasteiger partial charge in [0.15, 0.2) is 0 Å². The van der Waals surface area contributed by atoms with Crippen molar-refractivity contribution in [2.45, 2.75) is 0 Å². The summed E-state index contributed by atoms with van der Waals surface area (Å²) in [6.07, 6.45) is 2.65. The smallest absolute Gasteiger partial charge is 0.328 e. The summed E-state index contributed by atoms with van der Waals surface area (Å²) in [7, 11) is 2.91. The standard InChI is InChI=1S/C19H20N6O4/c1-23-17(26)14(10-20-19(23)28)18(27)25-7-5-24(6-8-25)12-3-4-15-13(9-12)16(29-2)22-11-21-15/h3-4,9-11H,5-8H2,1-2H3,(H,20,28). The van der Waals surface area contributed by atoms with Crippen LogP contribution in [0.5, 0.6) is 5.88 Å². The van der Waals surface area contributed by atoms with E-state index in [2.05, 4.69) is 19.9 Å². The van der Waals surface area contributed by atoms with Crippen LogP contribution in [0.4, 0.5) is 5.69 Å². The number of anilines is 1. The largest absolute Gasteiger partial charge is 0.480 e. The average Bonchev–Trinajstić information content (AvgIpc) is 2.76. The minimum atomic E-state index is -0.595. The lowest BCUT2D eigenvalue weighted by atomic mass is 10.1. The fraction of sp³-hybridized carbons (Fsp3) is 0.316. The fourth-order valence-corrected chi connectivity index (χ4v) is 3.44. The summed E-state index contributed by atoms with van der Waals surface area (Å²) in [6.45, 7) is 2.14. The number of benzene rings is 1. The first-order valence-electron chi connectivity index (χ1n) is 9.11. The normalized spacial score (nSPS) is 14.3. The summed E-state index contributed by atoms with van der Waals surface area (Å²) in [5.41, 5.74) is 0.601. The minimum absolute atomic E-state index is 0.0341. The van der Waals surface area contributed by atoms with Crippen molar-refractivity contribution in [3.05, 3.63) is 57.1 Å². The molecule has 10 nitrogen and oxygen atoms in total. The molecule has 3 heterocycles. The van der Waals surface area contributed by atoms with E-state index in [1.54, 1.807) is 12.0 Å².